The number of urea groups is 1. The highest BCUT2D eigenvalue weighted by molar-refractivity contribution is 7.09. The number of hydrogen-bond donors (Lipinski definition) is 1. The van der Waals surface area contributed by atoms with Crippen molar-refractivity contribution in [2.24, 2.45) is 0 Å². The first kappa shape index (κ1) is 17.1. The third kappa shape index (κ3) is 5.48. The Morgan fingerprint density at radius 2 is 2.00 bits per heavy atom. The molecule has 0 atom stereocenters. The number of benzene rings is 1. The minimum Gasteiger partial charge on any atom is -0.405 e. The van der Waals surface area contributed by atoms with E-state index in [1.807, 2.05) is 17.5 Å². The van der Waals surface area contributed by atoms with Crippen LogP contribution >= 0.6 is 11.3 Å². The molecule has 0 saturated carbocycles. The molecule has 1 aromatic heterocycles. The average Bonchev–Trinajstić information content (AvgIpc) is 2.97. The zero-order valence-electron chi connectivity index (χ0n) is 12.3. The highest BCUT2D eigenvalue weighted by Gasteiger charge is 2.32. The molecule has 0 aliphatic rings. The molecule has 124 valence electrons. The molecule has 2 amide bonds. The lowest BCUT2D eigenvalue weighted by molar-refractivity contribution is -0.274. The third-order valence-electron chi connectivity index (χ3n) is 2.95. The molecule has 0 bridgehead atoms. The Kier molecular flexibility index (Phi) is 5.49. The first-order valence-corrected chi connectivity index (χ1v) is 7.58. The molecule has 1 heterocycles. The molecule has 1 aromatic carbocycles. The van der Waals surface area contributed by atoms with Crippen molar-refractivity contribution in [3.63, 3.8) is 0 Å². The van der Waals surface area contributed by atoms with Gasteiger partial charge in [-0.25, -0.2) is 4.79 Å². The summed E-state index contributed by atoms with van der Waals surface area (Å²) in [5.41, 5.74) is 0.252. The van der Waals surface area contributed by atoms with E-state index in [9.17, 15) is 18.0 Å². The van der Waals surface area contributed by atoms with Crippen LogP contribution in [0.15, 0.2) is 41.8 Å². The van der Waals surface area contributed by atoms with Gasteiger partial charge in [0.25, 0.3) is 0 Å². The highest BCUT2D eigenvalue weighted by Crippen LogP contribution is 2.26. The smallest absolute Gasteiger partial charge is 0.405 e. The fourth-order valence-corrected chi connectivity index (χ4v) is 2.65. The second-order valence-electron chi connectivity index (χ2n) is 4.75. The average molecular weight is 344 g/mol. The van der Waals surface area contributed by atoms with E-state index in [-0.39, 0.29) is 23.9 Å². The van der Waals surface area contributed by atoms with Crippen LogP contribution in [-0.2, 0) is 13.1 Å². The Morgan fingerprint density at radius 1 is 1.26 bits per heavy atom. The van der Waals surface area contributed by atoms with E-state index in [0.717, 1.165) is 4.88 Å². The van der Waals surface area contributed by atoms with Crippen LogP contribution in [0.4, 0.5) is 18.0 Å². The van der Waals surface area contributed by atoms with E-state index in [1.54, 1.807) is 13.1 Å². The summed E-state index contributed by atoms with van der Waals surface area (Å²) < 4.78 is 41.0. The van der Waals surface area contributed by atoms with Crippen LogP contribution in [0.1, 0.15) is 10.4 Å². The van der Waals surface area contributed by atoms with Crippen molar-refractivity contribution in [2.75, 3.05) is 7.05 Å². The maximum atomic E-state index is 12.3. The van der Waals surface area contributed by atoms with Crippen molar-refractivity contribution in [3.05, 3.63) is 52.2 Å². The van der Waals surface area contributed by atoms with Crippen LogP contribution in [0.2, 0.25) is 0 Å². The molecule has 2 aromatic rings. The Hall–Kier alpha value is -2.22. The molecule has 0 spiro atoms. The van der Waals surface area contributed by atoms with Gasteiger partial charge in [-0.05, 0) is 17.5 Å². The molecule has 0 unspecified atom stereocenters. The van der Waals surface area contributed by atoms with E-state index in [1.165, 1.54) is 34.4 Å². The van der Waals surface area contributed by atoms with Crippen LogP contribution in [0, 0.1) is 0 Å². The number of rotatable bonds is 5. The molecule has 0 aliphatic carbocycles. The van der Waals surface area contributed by atoms with Crippen LogP contribution in [0.25, 0.3) is 0 Å². The molecule has 0 aliphatic heterocycles. The zero-order valence-corrected chi connectivity index (χ0v) is 13.1. The number of nitrogens with one attached hydrogen (secondary N) is 1. The number of halogens is 3. The molecular formula is C15H15F3N2O2S. The van der Waals surface area contributed by atoms with Crippen molar-refractivity contribution in [1.29, 1.82) is 0 Å². The minimum atomic E-state index is -4.77. The largest absolute Gasteiger partial charge is 0.573 e. The number of amides is 2. The van der Waals surface area contributed by atoms with Gasteiger partial charge in [0.15, 0.2) is 0 Å². The Morgan fingerprint density at radius 3 is 2.65 bits per heavy atom. The molecule has 0 radical (unpaired) electrons. The fraction of sp³-hybridized carbons (Fsp3) is 0.267. The third-order valence-corrected chi connectivity index (χ3v) is 3.81. The first-order chi connectivity index (χ1) is 10.8. The Labute approximate surface area is 135 Å². The van der Waals surface area contributed by atoms with E-state index in [4.69, 9.17) is 0 Å². The van der Waals surface area contributed by atoms with Crippen LogP contribution < -0.4 is 10.1 Å². The number of carbonyl (C=O) groups is 1. The maximum Gasteiger partial charge on any atom is 0.573 e. The summed E-state index contributed by atoms with van der Waals surface area (Å²) in [4.78, 5) is 14.5. The Balaban J connectivity index is 1.93. The summed E-state index contributed by atoms with van der Waals surface area (Å²) >= 11 is 1.53. The molecule has 0 saturated heterocycles. The lowest BCUT2D eigenvalue weighted by Gasteiger charge is -2.18. The monoisotopic (exact) mass is 344 g/mol. The van der Waals surface area contributed by atoms with Crippen molar-refractivity contribution < 1.29 is 22.7 Å². The van der Waals surface area contributed by atoms with Gasteiger partial charge in [-0.3, -0.25) is 0 Å². The molecule has 8 heteroatoms. The number of thiophene rings is 1. The maximum absolute atomic E-state index is 12.3. The predicted octanol–water partition coefficient (Wildman–Crippen LogP) is 3.99. The summed E-state index contributed by atoms with van der Waals surface area (Å²) in [6.45, 7) is 0.379. The normalized spacial score (nSPS) is 11.1. The number of nitrogens with zero attached hydrogens (tertiary/aromatic N) is 1. The van der Waals surface area contributed by atoms with Gasteiger partial charge in [0.1, 0.15) is 5.75 Å². The molecular weight excluding hydrogens is 329 g/mol. The first-order valence-electron chi connectivity index (χ1n) is 6.70. The van der Waals surface area contributed by atoms with Gasteiger partial charge >= 0.3 is 12.4 Å². The summed E-state index contributed by atoms with van der Waals surface area (Å²) in [7, 11) is 1.62. The summed E-state index contributed by atoms with van der Waals surface area (Å²) in [6.07, 6.45) is -4.77. The number of carbonyl (C=O) groups excluding carboxylic acids is 1. The molecule has 23 heavy (non-hydrogen) atoms. The van der Waals surface area contributed by atoms with Crippen molar-refractivity contribution in [1.82, 2.24) is 10.2 Å². The van der Waals surface area contributed by atoms with Crippen LogP contribution in [0.5, 0.6) is 5.75 Å². The fourth-order valence-electron chi connectivity index (χ4n) is 1.89. The van der Waals surface area contributed by atoms with Crippen LogP contribution in [0.3, 0.4) is 0 Å². The van der Waals surface area contributed by atoms with Gasteiger partial charge < -0.3 is 15.0 Å². The van der Waals surface area contributed by atoms with E-state index >= 15 is 0 Å². The van der Waals surface area contributed by atoms with Gasteiger partial charge in [-0.15, -0.1) is 24.5 Å². The molecule has 4 nitrogen and oxygen atoms in total. The molecule has 1 N–H and O–H groups in total. The van der Waals surface area contributed by atoms with Gasteiger partial charge in [0.05, 0.1) is 6.54 Å². The van der Waals surface area contributed by atoms with Crippen molar-refractivity contribution in [2.45, 2.75) is 19.5 Å². The van der Waals surface area contributed by atoms with E-state index in [0.29, 0.717) is 6.54 Å². The van der Waals surface area contributed by atoms with Crippen molar-refractivity contribution >= 4 is 17.4 Å². The van der Waals surface area contributed by atoms with Crippen LogP contribution in [-0.4, -0.2) is 24.3 Å². The van der Waals surface area contributed by atoms with Gasteiger partial charge in [0.2, 0.25) is 0 Å². The second kappa shape index (κ2) is 7.36. The standard InChI is InChI=1S/C15H15F3N2O2S/c1-20(10-12-6-4-8-23-12)14(21)19-9-11-5-2-3-7-13(11)22-15(16,17)18/h2-8H,9-10H2,1H3,(H,19,21). The number of alkyl halides is 3. The molecule has 2 rings (SSSR count). The lowest BCUT2D eigenvalue weighted by Crippen LogP contribution is -2.36. The highest BCUT2D eigenvalue weighted by atomic mass is 32.1. The summed E-state index contributed by atoms with van der Waals surface area (Å²) in [5.74, 6) is -0.318. The van der Waals surface area contributed by atoms with E-state index in [2.05, 4.69) is 10.1 Å². The predicted molar refractivity (Wildman–Crippen MR) is 81.1 cm³/mol. The van der Waals surface area contributed by atoms with Gasteiger partial charge in [-0.1, -0.05) is 24.3 Å². The van der Waals surface area contributed by atoms with Crippen molar-refractivity contribution in [3.8, 4) is 5.75 Å². The van der Waals surface area contributed by atoms with Gasteiger partial charge in [0, 0.05) is 24.0 Å². The SMILES string of the molecule is CN(Cc1cccs1)C(=O)NCc1ccccc1OC(F)(F)F. The zero-order chi connectivity index (χ0) is 16.9. The number of hydrogen-bond acceptors (Lipinski definition) is 3. The number of para-hydroxylation sites is 1. The number of ether oxygens (including phenoxy) is 1. The van der Waals surface area contributed by atoms with E-state index < -0.39 is 6.36 Å². The minimum absolute atomic E-state index is 0.0557. The van der Waals surface area contributed by atoms with Gasteiger partial charge in [-0.2, -0.15) is 0 Å². The second-order valence-corrected chi connectivity index (χ2v) is 5.78. The lowest BCUT2D eigenvalue weighted by atomic mass is 10.2. The topological polar surface area (TPSA) is 41.6 Å². The summed E-state index contributed by atoms with van der Waals surface area (Å²) in [6, 6.07) is 9.12. The summed E-state index contributed by atoms with van der Waals surface area (Å²) in [5, 5.41) is 4.49. The Bertz CT molecular complexity index is 644. The molecule has 0 fully saturated rings. The quantitative estimate of drug-likeness (QED) is 0.891.